The van der Waals surface area contributed by atoms with Crippen LogP contribution in [0.15, 0.2) is 65.1 Å². The summed E-state index contributed by atoms with van der Waals surface area (Å²) in [6.45, 7) is 0. The highest BCUT2D eigenvalue weighted by atomic mass is 79.9. The van der Waals surface area contributed by atoms with E-state index in [4.69, 9.17) is 0 Å². The summed E-state index contributed by atoms with van der Waals surface area (Å²) < 4.78 is 0.958. The van der Waals surface area contributed by atoms with Crippen molar-refractivity contribution >= 4 is 38.3 Å². The molecule has 2 N–H and O–H groups in total. The molecule has 1 amide bonds. The Morgan fingerprint density at radius 1 is 0.905 bits per heavy atom. The maximum absolute atomic E-state index is 12.4. The van der Waals surface area contributed by atoms with Gasteiger partial charge in [0.2, 0.25) is 0 Å². The molecule has 0 saturated carbocycles. The van der Waals surface area contributed by atoms with Crippen LogP contribution < -0.4 is 5.32 Å². The van der Waals surface area contributed by atoms with Crippen molar-refractivity contribution in [3.8, 4) is 5.75 Å². The van der Waals surface area contributed by atoms with Crippen LogP contribution >= 0.6 is 15.9 Å². The van der Waals surface area contributed by atoms with Crippen LogP contribution in [0.3, 0.4) is 0 Å². The van der Waals surface area contributed by atoms with Crippen LogP contribution in [0.25, 0.3) is 10.8 Å². The molecule has 0 aliphatic carbocycles. The molecule has 0 aliphatic heterocycles. The van der Waals surface area contributed by atoms with Gasteiger partial charge in [-0.15, -0.1) is 0 Å². The number of amides is 1. The first-order valence-electron chi connectivity index (χ1n) is 6.43. The zero-order valence-corrected chi connectivity index (χ0v) is 12.6. The molecule has 3 aromatic carbocycles. The molecule has 104 valence electrons. The van der Waals surface area contributed by atoms with E-state index in [0.717, 1.165) is 15.2 Å². The highest BCUT2D eigenvalue weighted by molar-refractivity contribution is 9.10. The number of phenolic OH excluding ortho intramolecular Hbond substituents is 1. The molecule has 0 fully saturated rings. The maximum atomic E-state index is 12.4. The van der Waals surface area contributed by atoms with E-state index in [1.165, 1.54) is 12.1 Å². The Morgan fingerprint density at radius 2 is 1.57 bits per heavy atom. The van der Waals surface area contributed by atoms with Crippen molar-refractivity contribution in [1.29, 1.82) is 0 Å². The quantitative estimate of drug-likeness (QED) is 0.671. The fourth-order valence-electron chi connectivity index (χ4n) is 2.21. The zero-order chi connectivity index (χ0) is 14.8. The fourth-order valence-corrected chi connectivity index (χ4v) is 2.71. The average Bonchev–Trinajstić information content (AvgIpc) is 2.49. The van der Waals surface area contributed by atoms with Gasteiger partial charge in [0.25, 0.3) is 5.91 Å². The van der Waals surface area contributed by atoms with E-state index in [-0.39, 0.29) is 11.7 Å². The van der Waals surface area contributed by atoms with Crippen LogP contribution in [0.1, 0.15) is 10.4 Å². The molecule has 0 aromatic heterocycles. The van der Waals surface area contributed by atoms with E-state index in [2.05, 4.69) is 21.2 Å². The lowest BCUT2D eigenvalue weighted by molar-refractivity contribution is 0.102. The minimum absolute atomic E-state index is 0.169. The number of rotatable bonds is 2. The molecule has 0 spiro atoms. The first-order chi connectivity index (χ1) is 10.1. The van der Waals surface area contributed by atoms with Gasteiger partial charge in [0.05, 0.1) is 0 Å². The lowest BCUT2D eigenvalue weighted by Gasteiger charge is -2.09. The summed E-state index contributed by atoms with van der Waals surface area (Å²) in [6.07, 6.45) is 0. The van der Waals surface area contributed by atoms with Crippen molar-refractivity contribution in [3.05, 3.63) is 70.7 Å². The zero-order valence-electron chi connectivity index (χ0n) is 11.0. The van der Waals surface area contributed by atoms with E-state index in [0.29, 0.717) is 11.3 Å². The van der Waals surface area contributed by atoms with Gasteiger partial charge in [0.15, 0.2) is 0 Å². The number of carbonyl (C=O) groups is 1. The summed E-state index contributed by atoms with van der Waals surface area (Å²) in [5, 5.41) is 14.0. The first-order valence-corrected chi connectivity index (χ1v) is 7.22. The van der Waals surface area contributed by atoms with E-state index in [9.17, 15) is 9.90 Å². The summed E-state index contributed by atoms with van der Waals surface area (Å²) >= 11 is 3.50. The monoisotopic (exact) mass is 341 g/mol. The number of halogens is 1. The summed E-state index contributed by atoms with van der Waals surface area (Å²) in [5.74, 6) is -0.00789. The molecule has 0 saturated heterocycles. The molecule has 0 aliphatic rings. The smallest absolute Gasteiger partial charge is 0.256 e. The maximum Gasteiger partial charge on any atom is 0.256 e. The second-order valence-corrected chi connectivity index (χ2v) is 5.50. The van der Waals surface area contributed by atoms with Crippen molar-refractivity contribution in [2.45, 2.75) is 0 Å². The Labute approximate surface area is 130 Å². The van der Waals surface area contributed by atoms with Gasteiger partial charge in [-0.3, -0.25) is 4.79 Å². The van der Waals surface area contributed by atoms with Crippen LogP contribution in [0.2, 0.25) is 0 Å². The number of phenols is 1. The summed E-state index contributed by atoms with van der Waals surface area (Å²) in [7, 11) is 0. The number of anilines is 1. The lowest BCUT2D eigenvalue weighted by Crippen LogP contribution is -2.12. The standard InChI is InChI=1S/C17H12BrNO2/c18-16-6-2-3-13-14(16)4-1-5-15(13)17(21)19-11-7-9-12(20)10-8-11/h1-10,20H,(H,19,21). The minimum Gasteiger partial charge on any atom is -0.508 e. The Morgan fingerprint density at radius 3 is 2.33 bits per heavy atom. The van der Waals surface area contributed by atoms with E-state index in [1.54, 1.807) is 18.2 Å². The highest BCUT2D eigenvalue weighted by Crippen LogP contribution is 2.27. The average molecular weight is 342 g/mol. The summed E-state index contributed by atoms with van der Waals surface area (Å²) in [4.78, 5) is 12.4. The van der Waals surface area contributed by atoms with Crippen LogP contribution in [0.5, 0.6) is 5.75 Å². The van der Waals surface area contributed by atoms with Crippen molar-refractivity contribution in [3.63, 3.8) is 0 Å². The third kappa shape index (κ3) is 2.76. The molecule has 0 bridgehead atoms. The van der Waals surface area contributed by atoms with Crippen molar-refractivity contribution in [1.82, 2.24) is 0 Å². The number of carbonyl (C=O) groups excluding carboxylic acids is 1. The minimum atomic E-state index is -0.176. The van der Waals surface area contributed by atoms with Gasteiger partial charge < -0.3 is 10.4 Å². The van der Waals surface area contributed by atoms with E-state index in [1.807, 2.05) is 30.3 Å². The predicted molar refractivity (Wildman–Crippen MR) is 87.7 cm³/mol. The number of hydrogen-bond acceptors (Lipinski definition) is 2. The largest absolute Gasteiger partial charge is 0.508 e. The molecule has 3 aromatic rings. The van der Waals surface area contributed by atoms with E-state index < -0.39 is 0 Å². The number of aromatic hydroxyl groups is 1. The summed E-state index contributed by atoms with van der Waals surface area (Å²) in [6, 6.07) is 17.8. The number of nitrogens with one attached hydrogen (secondary N) is 1. The van der Waals surface area contributed by atoms with Crippen molar-refractivity contribution < 1.29 is 9.90 Å². The van der Waals surface area contributed by atoms with Gasteiger partial charge in [0, 0.05) is 15.7 Å². The predicted octanol–water partition coefficient (Wildman–Crippen LogP) is 4.56. The molecule has 0 heterocycles. The SMILES string of the molecule is O=C(Nc1ccc(O)cc1)c1cccc2c(Br)cccc12. The Hall–Kier alpha value is -2.33. The van der Waals surface area contributed by atoms with Crippen molar-refractivity contribution in [2.24, 2.45) is 0 Å². The first kappa shape index (κ1) is 13.6. The third-order valence-corrected chi connectivity index (χ3v) is 3.93. The number of hydrogen-bond donors (Lipinski definition) is 2. The highest BCUT2D eigenvalue weighted by Gasteiger charge is 2.11. The topological polar surface area (TPSA) is 49.3 Å². The van der Waals surface area contributed by atoms with Crippen LogP contribution in [0, 0.1) is 0 Å². The molecular weight excluding hydrogens is 330 g/mol. The fraction of sp³-hybridized carbons (Fsp3) is 0. The van der Waals surface area contributed by atoms with Crippen molar-refractivity contribution in [2.75, 3.05) is 5.32 Å². The summed E-state index contributed by atoms with van der Waals surface area (Å²) in [5.41, 5.74) is 1.26. The second-order valence-electron chi connectivity index (χ2n) is 4.64. The van der Waals surface area contributed by atoms with Crippen LogP contribution in [0.4, 0.5) is 5.69 Å². The normalized spacial score (nSPS) is 10.5. The van der Waals surface area contributed by atoms with Gasteiger partial charge in [-0.2, -0.15) is 0 Å². The number of benzene rings is 3. The molecule has 21 heavy (non-hydrogen) atoms. The van der Waals surface area contributed by atoms with Gasteiger partial charge in [0.1, 0.15) is 5.75 Å². The third-order valence-electron chi connectivity index (χ3n) is 3.24. The lowest BCUT2D eigenvalue weighted by atomic mass is 10.0. The Bertz CT molecular complexity index is 813. The van der Waals surface area contributed by atoms with Gasteiger partial charge >= 0.3 is 0 Å². The van der Waals surface area contributed by atoms with Gasteiger partial charge in [-0.1, -0.05) is 40.2 Å². The molecule has 0 atom stereocenters. The molecule has 0 unspecified atom stereocenters. The van der Waals surface area contributed by atoms with Gasteiger partial charge in [-0.05, 0) is 47.2 Å². The van der Waals surface area contributed by atoms with Crippen LogP contribution in [-0.2, 0) is 0 Å². The Kier molecular flexibility index (Phi) is 3.62. The van der Waals surface area contributed by atoms with Crippen LogP contribution in [-0.4, -0.2) is 11.0 Å². The van der Waals surface area contributed by atoms with Gasteiger partial charge in [-0.25, -0.2) is 0 Å². The second kappa shape index (κ2) is 5.58. The Balaban J connectivity index is 1.98. The number of fused-ring (bicyclic) bond motifs is 1. The van der Waals surface area contributed by atoms with E-state index >= 15 is 0 Å². The molecular formula is C17H12BrNO2. The molecule has 3 nitrogen and oxygen atoms in total. The molecule has 3 rings (SSSR count). The molecule has 4 heteroatoms. The molecule has 0 radical (unpaired) electrons.